The molecule has 0 saturated heterocycles. The molecule has 5 nitrogen and oxygen atoms in total. The molecule has 0 amide bonds. The molecule has 0 aliphatic carbocycles. The molecule has 6 heteroatoms. The molecule has 0 saturated carbocycles. The van der Waals surface area contributed by atoms with Crippen molar-refractivity contribution in [1.82, 2.24) is 5.32 Å². The Bertz CT molecular complexity index is 3070. The SMILES string of the molecule is c1ccc(C2N=C(c3ccc4sc5ccccc5c4c3)N=C(c3ccc4oc5c(-c6cccc7c6oc6ccccc67)cccc5c4c3)N2)cc1. The fourth-order valence-electron chi connectivity index (χ4n) is 7.51. The number of fused-ring (bicyclic) bond motifs is 9. The molecule has 1 aliphatic heterocycles. The van der Waals surface area contributed by atoms with Gasteiger partial charge in [-0.1, -0.05) is 103 Å². The second-order valence-electron chi connectivity index (χ2n) is 13.0. The Morgan fingerprint density at radius 1 is 0.490 bits per heavy atom. The Kier molecular flexibility index (Phi) is 6.12. The van der Waals surface area contributed by atoms with Crippen LogP contribution < -0.4 is 5.32 Å². The number of benzene rings is 7. The summed E-state index contributed by atoms with van der Waals surface area (Å²) < 4.78 is 15.6. The van der Waals surface area contributed by atoms with Crippen LogP contribution in [0.1, 0.15) is 22.9 Å². The van der Waals surface area contributed by atoms with Gasteiger partial charge in [0.2, 0.25) is 0 Å². The third kappa shape index (κ3) is 4.47. The Morgan fingerprint density at radius 2 is 1.12 bits per heavy atom. The largest absolute Gasteiger partial charge is 0.455 e. The fourth-order valence-corrected chi connectivity index (χ4v) is 8.60. The summed E-state index contributed by atoms with van der Waals surface area (Å²) in [4.78, 5) is 10.3. The van der Waals surface area contributed by atoms with Gasteiger partial charge in [0.25, 0.3) is 0 Å². The van der Waals surface area contributed by atoms with Crippen molar-refractivity contribution in [2.75, 3.05) is 0 Å². The second kappa shape index (κ2) is 11.0. The summed E-state index contributed by atoms with van der Waals surface area (Å²) in [7, 11) is 0. The number of para-hydroxylation sites is 3. The van der Waals surface area contributed by atoms with Gasteiger partial charge in [0, 0.05) is 64.0 Å². The lowest BCUT2D eigenvalue weighted by Crippen LogP contribution is -2.33. The van der Waals surface area contributed by atoms with Crippen LogP contribution in [-0.2, 0) is 0 Å². The van der Waals surface area contributed by atoms with Gasteiger partial charge in [0.05, 0.1) is 0 Å². The van der Waals surface area contributed by atoms with Crippen LogP contribution >= 0.6 is 11.3 Å². The molecule has 51 heavy (non-hydrogen) atoms. The lowest BCUT2D eigenvalue weighted by molar-refractivity contribution is 0.665. The third-order valence-electron chi connectivity index (χ3n) is 9.96. The van der Waals surface area contributed by atoms with Crippen molar-refractivity contribution in [2.45, 2.75) is 6.17 Å². The maximum atomic E-state index is 6.63. The Balaban J connectivity index is 1.05. The molecule has 0 bridgehead atoms. The van der Waals surface area contributed by atoms with E-state index < -0.39 is 0 Å². The lowest BCUT2D eigenvalue weighted by Gasteiger charge is -2.23. The Morgan fingerprint density at radius 3 is 1.94 bits per heavy atom. The zero-order chi connectivity index (χ0) is 33.5. The zero-order valence-corrected chi connectivity index (χ0v) is 27.9. The first-order chi connectivity index (χ1) is 25.2. The van der Waals surface area contributed by atoms with Gasteiger partial charge >= 0.3 is 0 Å². The number of nitrogens with one attached hydrogen (secondary N) is 1. The number of amidine groups is 2. The third-order valence-corrected chi connectivity index (χ3v) is 11.1. The highest BCUT2D eigenvalue weighted by atomic mass is 32.1. The highest BCUT2D eigenvalue weighted by Crippen LogP contribution is 2.41. The average molecular weight is 674 g/mol. The van der Waals surface area contributed by atoms with Crippen LogP contribution in [0, 0.1) is 0 Å². The number of hydrogen-bond donors (Lipinski definition) is 1. The molecule has 240 valence electrons. The van der Waals surface area contributed by atoms with E-state index in [4.69, 9.17) is 18.8 Å². The highest BCUT2D eigenvalue weighted by Gasteiger charge is 2.23. The molecule has 0 fully saturated rings. The van der Waals surface area contributed by atoms with E-state index in [1.54, 1.807) is 0 Å². The predicted octanol–water partition coefficient (Wildman–Crippen LogP) is 12.0. The predicted molar refractivity (Wildman–Crippen MR) is 211 cm³/mol. The molecule has 1 aliphatic rings. The Labute approximate surface area is 295 Å². The van der Waals surface area contributed by atoms with Gasteiger partial charge in [-0.05, 0) is 54.1 Å². The average Bonchev–Trinajstić information content (AvgIpc) is 3.89. The van der Waals surface area contributed by atoms with Crippen molar-refractivity contribution in [1.29, 1.82) is 0 Å². The van der Waals surface area contributed by atoms with Crippen molar-refractivity contribution in [3.05, 3.63) is 168 Å². The number of nitrogens with zero attached hydrogens (tertiary/aromatic N) is 2. The van der Waals surface area contributed by atoms with Crippen LogP contribution in [-0.4, -0.2) is 11.7 Å². The molecule has 11 rings (SSSR count). The molecule has 0 spiro atoms. The minimum Gasteiger partial charge on any atom is -0.455 e. The number of furan rings is 2. The number of rotatable bonds is 4. The molecule has 3 aromatic heterocycles. The normalized spacial score (nSPS) is 14.9. The molecule has 4 heterocycles. The summed E-state index contributed by atoms with van der Waals surface area (Å²) in [5, 5.41) is 10.4. The quantitative estimate of drug-likeness (QED) is 0.202. The maximum Gasteiger partial charge on any atom is 0.159 e. The van der Waals surface area contributed by atoms with Gasteiger partial charge in [0.1, 0.15) is 34.3 Å². The summed E-state index contributed by atoms with van der Waals surface area (Å²) in [5.41, 5.74) is 8.42. The van der Waals surface area contributed by atoms with E-state index >= 15 is 0 Å². The van der Waals surface area contributed by atoms with Crippen LogP contribution in [0.25, 0.3) is 75.2 Å². The Hall–Kier alpha value is -6.50. The minimum absolute atomic E-state index is 0.295. The summed E-state index contributed by atoms with van der Waals surface area (Å²) >= 11 is 1.81. The second-order valence-corrected chi connectivity index (χ2v) is 14.0. The lowest BCUT2D eigenvalue weighted by atomic mass is 9.99. The van der Waals surface area contributed by atoms with Crippen LogP contribution in [0.4, 0.5) is 0 Å². The van der Waals surface area contributed by atoms with E-state index in [0.29, 0.717) is 5.84 Å². The number of hydrogen-bond acceptors (Lipinski definition) is 6. The van der Waals surface area contributed by atoms with Crippen molar-refractivity contribution in [2.24, 2.45) is 9.98 Å². The van der Waals surface area contributed by atoms with Gasteiger partial charge < -0.3 is 14.2 Å². The summed E-state index contributed by atoms with van der Waals surface area (Å²) in [6, 6.07) is 52.6. The summed E-state index contributed by atoms with van der Waals surface area (Å²) in [5.74, 6) is 1.47. The standard InChI is InChI=1S/C45H27N3O2S/c1-2-10-26(11-3-1)43-46-44(48-45(47-43)28-21-23-40-36(25-28)30-13-5-7-19-39(30)51-40)27-20-22-38-35(24-27)34-17-9-16-33(42(34)50-38)32-15-8-14-31-29-12-4-6-18-37(29)49-41(31)32/h1-25,43H,(H,46,47,48). The molecule has 10 aromatic rings. The zero-order valence-electron chi connectivity index (χ0n) is 27.1. The van der Waals surface area contributed by atoms with E-state index in [1.165, 1.54) is 20.2 Å². The summed E-state index contributed by atoms with van der Waals surface area (Å²) in [6.45, 7) is 0. The molecular weight excluding hydrogens is 647 g/mol. The van der Waals surface area contributed by atoms with Gasteiger partial charge in [-0.25, -0.2) is 9.98 Å². The monoisotopic (exact) mass is 673 g/mol. The topological polar surface area (TPSA) is 63.0 Å². The van der Waals surface area contributed by atoms with Gasteiger partial charge in [-0.2, -0.15) is 0 Å². The van der Waals surface area contributed by atoms with E-state index in [9.17, 15) is 0 Å². The number of thiophene rings is 1. The van der Waals surface area contributed by atoms with Crippen LogP contribution in [0.5, 0.6) is 0 Å². The maximum absolute atomic E-state index is 6.63. The molecule has 1 N–H and O–H groups in total. The summed E-state index contributed by atoms with van der Waals surface area (Å²) in [6.07, 6.45) is -0.295. The minimum atomic E-state index is -0.295. The van der Waals surface area contributed by atoms with Crippen molar-refractivity contribution >= 4 is 87.1 Å². The van der Waals surface area contributed by atoms with Crippen LogP contribution in [0.3, 0.4) is 0 Å². The van der Waals surface area contributed by atoms with Gasteiger partial charge in [0.15, 0.2) is 5.84 Å². The van der Waals surface area contributed by atoms with Crippen LogP contribution in [0.2, 0.25) is 0 Å². The van der Waals surface area contributed by atoms with E-state index in [1.807, 2.05) is 53.8 Å². The van der Waals surface area contributed by atoms with E-state index in [0.717, 1.165) is 77.5 Å². The number of aliphatic imine (C=N–C) groups is 2. The van der Waals surface area contributed by atoms with Crippen molar-refractivity contribution < 1.29 is 8.83 Å². The van der Waals surface area contributed by atoms with Crippen molar-refractivity contribution in [3.8, 4) is 11.1 Å². The van der Waals surface area contributed by atoms with Gasteiger partial charge in [-0.3, -0.25) is 0 Å². The van der Waals surface area contributed by atoms with Crippen molar-refractivity contribution in [3.63, 3.8) is 0 Å². The van der Waals surface area contributed by atoms with Crippen LogP contribution in [0.15, 0.2) is 170 Å². The molecular formula is C45H27N3O2S. The molecule has 0 radical (unpaired) electrons. The van der Waals surface area contributed by atoms with E-state index in [2.05, 4.69) is 115 Å². The first kappa shape index (κ1) is 28.3. The smallest absolute Gasteiger partial charge is 0.159 e. The molecule has 1 atom stereocenters. The first-order valence-electron chi connectivity index (χ1n) is 17.0. The molecule has 7 aromatic carbocycles. The molecule has 1 unspecified atom stereocenters. The highest BCUT2D eigenvalue weighted by molar-refractivity contribution is 7.25. The first-order valence-corrected chi connectivity index (χ1v) is 17.8. The van der Waals surface area contributed by atoms with Gasteiger partial charge in [-0.15, -0.1) is 11.3 Å². The van der Waals surface area contributed by atoms with E-state index in [-0.39, 0.29) is 6.17 Å². The fraction of sp³-hybridized carbons (Fsp3) is 0.0222.